The predicted octanol–water partition coefficient (Wildman–Crippen LogP) is 3.20. The average molecular weight is 265 g/mol. The van der Waals surface area contributed by atoms with E-state index in [-0.39, 0.29) is 5.75 Å². The zero-order chi connectivity index (χ0) is 14.3. The van der Waals surface area contributed by atoms with Gasteiger partial charge in [0.1, 0.15) is 11.6 Å². The number of hydrogen-bond donors (Lipinski definition) is 2. The van der Waals surface area contributed by atoms with Gasteiger partial charge < -0.3 is 10.8 Å². The Kier molecular flexibility index (Phi) is 2.79. The number of phenolic OH excluding ortho intramolecular Hbond substituents is 1. The van der Waals surface area contributed by atoms with Crippen molar-refractivity contribution in [1.82, 2.24) is 9.97 Å². The molecule has 1 aromatic heterocycles. The molecule has 100 valence electrons. The summed E-state index contributed by atoms with van der Waals surface area (Å²) in [6.45, 7) is 3.91. The van der Waals surface area contributed by atoms with Crippen LogP contribution >= 0.6 is 0 Å². The summed E-state index contributed by atoms with van der Waals surface area (Å²) >= 11 is 0. The lowest BCUT2D eigenvalue weighted by Crippen LogP contribution is -1.99. The first kappa shape index (κ1) is 12.4. The van der Waals surface area contributed by atoms with Crippen molar-refractivity contribution in [3.8, 4) is 17.1 Å². The molecule has 4 heteroatoms. The molecule has 0 fully saturated rings. The third kappa shape index (κ3) is 1.95. The summed E-state index contributed by atoms with van der Waals surface area (Å²) in [5.74, 6) is 1.04. The Bertz CT molecular complexity index is 792. The van der Waals surface area contributed by atoms with E-state index in [1.807, 2.05) is 38.1 Å². The molecule has 4 nitrogen and oxygen atoms in total. The fourth-order valence-electron chi connectivity index (χ4n) is 2.32. The number of aryl methyl sites for hydroxylation is 2. The van der Waals surface area contributed by atoms with Crippen LogP contribution in [0.15, 0.2) is 36.4 Å². The van der Waals surface area contributed by atoms with E-state index in [0.717, 1.165) is 22.0 Å². The van der Waals surface area contributed by atoms with Gasteiger partial charge >= 0.3 is 0 Å². The van der Waals surface area contributed by atoms with Crippen molar-refractivity contribution in [2.24, 2.45) is 0 Å². The SMILES string of the molecule is Cc1ccc2c(N)nc(-c3c(C)cccc3O)nc2c1. The number of aromatic nitrogens is 2. The van der Waals surface area contributed by atoms with Crippen molar-refractivity contribution in [1.29, 1.82) is 0 Å². The van der Waals surface area contributed by atoms with E-state index in [2.05, 4.69) is 9.97 Å². The summed E-state index contributed by atoms with van der Waals surface area (Å²) in [5.41, 5.74) is 9.45. The molecular formula is C16H15N3O. The van der Waals surface area contributed by atoms with Crippen molar-refractivity contribution in [2.45, 2.75) is 13.8 Å². The van der Waals surface area contributed by atoms with Gasteiger partial charge in [-0.2, -0.15) is 0 Å². The number of nitrogens with zero attached hydrogens (tertiary/aromatic N) is 2. The maximum atomic E-state index is 10.0. The van der Waals surface area contributed by atoms with Gasteiger partial charge in [0.2, 0.25) is 0 Å². The molecule has 3 aromatic rings. The molecule has 0 amide bonds. The van der Waals surface area contributed by atoms with E-state index in [0.29, 0.717) is 17.2 Å². The largest absolute Gasteiger partial charge is 0.507 e. The number of rotatable bonds is 1. The van der Waals surface area contributed by atoms with E-state index in [1.165, 1.54) is 0 Å². The summed E-state index contributed by atoms with van der Waals surface area (Å²) in [7, 11) is 0. The number of fused-ring (bicyclic) bond motifs is 1. The van der Waals surface area contributed by atoms with Crippen molar-refractivity contribution in [2.75, 3.05) is 5.73 Å². The fourth-order valence-corrected chi connectivity index (χ4v) is 2.32. The quantitative estimate of drug-likeness (QED) is 0.708. The van der Waals surface area contributed by atoms with E-state index in [1.54, 1.807) is 12.1 Å². The first-order valence-electron chi connectivity index (χ1n) is 6.39. The van der Waals surface area contributed by atoms with E-state index in [4.69, 9.17) is 5.73 Å². The molecule has 1 heterocycles. The summed E-state index contributed by atoms with van der Waals surface area (Å²) in [5, 5.41) is 10.9. The molecule has 0 saturated heterocycles. The van der Waals surface area contributed by atoms with Crippen LogP contribution in [0, 0.1) is 13.8 Å². The molecular weight excluding hydrogens is 250 g/mol. The average Bonchev–Trinajstić information content (AvgIpc) is 2.38. The van der Waals surface area contributed by atoms with Crippen molar-refractivity contribution in [3.63, 3.8) is 0 Å². The van der Waals surface area contributed by atoms with Gasteiger partial charge in [-0.1, -0.05) is 18.2 Å². The predicted molar refractivity (Wildman–Crippen MR) is 80.5 cm³/mol. The van der Waals surface area contributed by atoms with Gasteiger partial charge in [0, 0.05) is 5.39 Å². The van der Waals surface area contributed by atoms with Crippen LogP contribution in [0.1, 0.15) is 11.1 Å². The summed E-state index contributed by atoms with van der Waals surface area (Å²) in [6, 6.07) is 11.2. The maximum absolute atomic E-state index is 10.0. The molecule has 2 aromatic carbocycles. The van der Waals surface area contributed by atoms with Crippen LogP contribution in [0.3, 0.4) is 0 Å². The third-order valence-electron chi connectivity index (χ3n) is 3.36. The Morgan fingerprint density at radius 3 is 2.60 bits per heavy atom. The van der Waals surface area contributed by atoms with Crippen molar-refractivity contribution < 1.29 is 5.11 Å². The number of nitrogens with two attached hydrogens (primary N) is 1. The Balaban J connectivity index is 2.32. The molecule has 0 unspecified atom stereocenters. The molecule has 0 aliphatic carbocycles. The standard InChI is InChI=1S/C16H15N3O/c1-9-6-7-11-12(8-9)18-16(19-15(11)17)14-10(2)4-3-5-13(14)20/h3-8,20H,1-2H3,(H2,17,18,19). The highest BCUT2D eigenvalue weighted by molar-refractivity contribution is 5.90. The van der Waals surface area contributed by atoms with Crippen LogP contribution < -0.4 is 5.73 Å². The van der Waals surface area contributed by atoms with Crippen LogP contribution in [0.5, 0.6) is 5.75 Å². The van der Waals surface area contributed by atoms with Crippen molar-refractivity contribution in [3.05, 3.63) is 47.5 Å². The second-order valence-electron chi connectivity index (χ2n) is 4.92. The second kappa shape index (κ2) is 4.49. The monoisotopic (exact) mass is 265 g/mol. The van der Waals surface area contributed by atoms with Gasteiger partial charge in [-0.3, -0.25) is 0 Å². The number of anilines is 1. The number of nitrogen functional groups attached to an aromatic ring is 1. The van der Waals surface area contributed by atoms with Gasteiger partial charge in [-0.25, -0.2) is 9.97 Å². The fraction of sp³-hybridized carbons (Fsp3) is 0.125. The second-order valence-corrected chi connectivity index (χ2v) is 4.92. The molecule has 3 rings (SSSR count). The lowest BCUT2D eigenvalue weighted by Gasteiger charge is -2.09. The zero-order valence-electron chi connectivity index (χ0n) is 11.4. The van der Waals surface area contributed by atoms with Gasteiger partial charge in [0.05, 0.1) is 11.1 Å². The van der Waals surface area contributed by atoms with Gasteiger partial charge in [0.25, 0.3) is 0 Å². The minimum absolute atomic E-state index is 0.163. The zero-order valence-corrected chi connectivity index (χ0v) is 11.4. The molecule has 0 saturated carbocycles. The Hall–Kier alpha value is -2.62. The highest BCUT2D eigenvalue weighted by Gasteiger charge is 2.13. The Morgan fingerprint density at radius 1 is 1.05 bits per heavy atom. The van der Waals surface area contributed by atoms with Crippen molar-refractivity contribution >= 4 is 16.7 Å². The number of phenols is 1. The summed E-state index contributed by atoms with van der Waals surface area (Å²) in [4.78, 5) is 8.87. The van der Waals surface area contributed by atoms with E-state index < -0.39 is 0 Å². The molecule has 0 aliphatic heterocycles. The number of hydrogen-bond acceptors (Lipinski definition) is 4. The van der Waals surface area contributed by atoms with E-state index >= 15 is 0 Å². The van der Waals surface area contributed by atoms with Gasteiger partial charge in [-0.05, 0) is 43.2 Å². The Morgan fingerprint density at radius 2 is 1.85 bits per heavy atom. The Labute approximate surface area is 116 Å². The molecule has 0 spiro atoms. The molecule has 20 heavy (non-hydrogen) atoms. The smallest absolute Gasteiger partial charge is 0.166 e. The molecule has 0 radical (unpaired) electrons. The first-order valence-corrected chi connectivity index (χ1v) is 6.39. The summed E-state index contributed by atoms with van der Waals surface area (Å²) in [6.07, 6.45) is 0. The molecule has 3 N–H and O–H groups in total. The lowest BCUT2D eigenvalue weighted by atomic mass is 10.1. The van der Waals surface area contributed by atoms with Crippen LogP contribution in [0.2, 0.25) is 0 Å². The van der Waals surface area contributed by atoms with Crippen LogP contribution in [-0.4, -0.2) is 15.1 Å². The normalized spacial score (nSPS) is 10.9. The topological polar surface area (TPSA) is 72.0 Å². The molecule has 0 aliphatic rings. The van der Waals surface area contributed by atoms with Gasteiger partial charge in [0.15, 0.2) is 5.82 Å². The minimum atomic E-state index is 0.163. The molecule has 0 atom stereocenters. The summed E-state index contributed by atoms with van der Waals surface area (Å²) < 4.78 is 0. The maximum Gasteiger partial charge on any atom is 0.166 e. The molecule has 0 bridgehead atoms. The lowest BCUT2D eigenvalue weighted by molar-refractivity contribution is 0.476. The first-order chi connectivity index (χ1) is 9.56. The number of aromatic hydroxyl groups is 1. The van der Waals surface area contributed by atoms with Crippen LogP contribution in [0.25, 0.3) is 22.3 Å². The highest BCUT2D eigenvalue weighted by atomic mass is 16.3. The number of benzene rings is 2. The third-order valence-corrected chi connectivity index (χ3v) is 3.36. The highest BCUT2D eigenvalue weighted by Crippen LogP contribution is 2.32. The van der Waals surface area contributed by atoms with Crippen LogP contribution in [0.4, 0.5) is 5.82 Å². The van der Waals surface area contributed by atoms with Gasteiger partial charge in [-0.15, -0.1) is 0 Å². The minimum Gasteiger partial charge on any atom is -0.507 e. The van der Waals surface area contributed by atoms with E-state index in [9.17, 15) is 5.11 Å². The van der Waals surface area contributed by atoms with Crippen LogP contribution in [-0.2, 0) is 0 Å².